The molecular formula is C10H22N2O2. The summed E-state index contributed by atoms with van der Waals surface area (Å²) in [5, 5.41) is 2.87. The number of hydrogen-bond acceptors (Lipinski definition) is 3. The molecule has 3 N–H and O–H groups in total. The molecule has 0 aliphatic heterocycles. The van der Waals surface area contributed by atoms with Crippen molar-refractivity contribution in [2.75, 3.05) is 20.3 Å². The Hall–Kier alpha value is -0.610. The Kier molecular flexibility index (Phi) is 7.42. The summed E-state index contributed by atoms with van der Waals surface area (Å²) in [7, 11) is 1.62. The second-order valence-corrected chi connectivity index (χ2v) is 3.59. The van der Waals surface area contributed by atoms with E-state index >= 15 is 0 Å². The summed E-state index contributed by atoms with van der Waals surface area (Å²) in [5.74, 6) is -0.0155. The van der Waals surface area contributed by atoms with Gasteiger partial charge in [0.2, 0.25) is 5.91 Å². The van der Waals surface area contributed by atoms with Crippen LogP contribution in [0.5, 0.6) is 0 Å². The maximum atomic E-state index is 11.6. The van der Waals surface area contributed by atoms with Gasteiger partial charge in [-0.15, -0.1) is 0 Å². The van der Waals surface area contributed by atoms with Crippen LogP contribution < -0.4 is 11.1 Å². The van der Waals surface area contributed by atoms with Gasteiger partial charge in [-0.05, 0) is 13.3 Å². The summed E-state index contributed by atoms with van der Waals surface area (Å²) in [4.78, 5) is 11.6. The maximum absolute atomic E-state index is 11.6. The molecule has 0 aliphatic rings. The van der Waals surface area contributed by atoms with Crippen LogP contribution in [0, 0.1) is 5.92 Å². The first-order chi connectivity index (χ1) is 6.65. The molecule has 0 rings (SSSR count). The Morgan fingerprint density at radius 2 is 2.21 bits per heavy atom. The Balaban J connectivity index is 3.90. The highest BCUT2D eigenvalue weighted by Crippen LogP contribution is 2.04. The third kappa shape index (κ3) is 5.19. The minimum Gasteiger partial charge on any atom is -0.383 e. The topological polar surface area (TPSA) is 64.4 Å². The summed E-state index contributed by atoms with van der Waals surface area (Å²) in [6.07, 6.45) is 1.83. The van der Waals surface area contributed by atoms with Crippen LogP contribution in [0.4, 0.5) is 0 Å². The summed E-state index contributed by atoms with van der Waals surface area (Å²) >= 11 is 0. The summed E-state index contributed by atoms with van der Waals surface area (Å²) in [6.45, 7) is 4.92. The predicted octanol–water partition coefficient (Wildman–Crippen LogP) is 0.513. The van der Waals surface area contributed by atoms with Crippen LogP contribution in [-0.2, 0) is 9.53 Å². The van der Waals surface area contributed by atoms with E-state index in [4.69, 9.17) is 10.5 Å². The molecule has 0 aromatic carbocycles. The van der Waals surface area contributed by atoms with E-state index in [2.05, 4.69) is 12.2 Å². The third-order valence-electron chi connectivity index (χ3n) is 2.10. The fourth-order valence-corrected chi connectivity index (χ4v) is 1.36. The molecule has 0 aromatic rings. The van der Waals surface area contributed by atoms with Gasteiger partial charge in [0.15, 0.2) is 0 Å². The van der Waals surface area contributed by atoms with E-state index < -0.39 is 0 Å². The SMILES string of the molecule is CCCC(CN)C(=O)NC(C)COC. The largest absolute Gasteiger partial charge is 0.383 e. The van der Waals surface area contributed by atoms with Crippen molar-refractivity contribution in [1.29, 1.82) is 0 Å². The molecule has 2 unspecified atom stereocenters. The Morgan fingerprint density at radius 1 is 1.57 bits per heavy atom. The van der Waals surface area contributed by atoms with Crippen molar-refractivity contribution in [1.82, 2.24) is 5.32 Å². The van der Waals surface area contributed by atoms with Crippen LogP contribution in [0.2, 0.25) is 0 Å². The highest BCUT2D eigenvalue weighted by molar-refractivity contribution is 5.79. The normalized spacial score (nSPS) is 14.9. The number of carbonyl (C=O) groups excluding carboxylic acids is 1. The molecule has 0 radical (unpaired) electrons. The molecule has 0 spiro atoms. The molecule has 0 bridgehead atoms. The first-order valence-corrected chi connectivity index (χ1v) is 5.15. The molecule has 84 valence electrons. The molecule has 4 heteroatoms. The van der Waals surface area contributed by atoms with Gasteiger partial charge in [-0.25, -0.2) is 0 Å². The fraction of sp³-hybridized carbons (Fsp3) is 0.900. The summed E-state index contributed by atoms with van der Waals surface area (Å²) in [5.41, 5.74) is 5.52. The average molecular weight is 202 g/mol. The van der Waals surface area contributed by atoms with E-state index in [-0.39, 0.29) is 17.9 Å². The Morgan fingerprint density at radius 3 is 2.64 bits per heavy atom. The summed E-state index contributed by atoms with van der Waals surface area (Å²) in [6, 6.07) is 0.0541. The summed E-state index contributed by atoms with van der Waals surface area (Å²) < 4.78 is 4.93. The van der Waals surface area contributed by atoms with Crippen LogP contribution in [0.15, 0.2) is 0 Å². The molecule has 1 amide bonds. The molecule has 4 nitrogen and oxygen atoms in total. The second kappa shape index (κ2) is 7.76. The van der Waals surface area contributed by atoms with Crippen LogP contribution in [-0.4, -0.2) is 32.2 Å². The van der Waals surface area contributed by atoms with Crippen LogP contribution in [0.1, 0.15) is 26.7 Å². The lowest BCUT2D eigenvalue weighted by atomic mass is 10.0. The number of nitrogens with two attached hydrogens (primary N) is 1. The highest BCUT2D eigenvalue weighted by Gasteiger charge is 2.17. The lowest BCUT2D eigenvalue weighted by Crippen LogP contribution is -2.41. The van der Waals surface area contributed by atoms with Crippen LogP contribution in [0.3, 0.4) is 0 Å². The van der Waals surface area contributed by atoms with E-state index in [0.717, 1.165) is 12.8 Å². The molecule has 2 atom stereocenters. The second-order valence-electron chi connectivity index (χ2n) is 3.59. The van der Waals surface area contributed by atoms with E-state index in [0.29, 0.717) is 13.2 Å². The Bertz CT molecular complexity index is 162. The number of ether oxygens (including phenoxy) is 1. The van der Waals surface area contributed by atoms with Gasteiger partial charge in [-0.1, -0.05) is 13.3 Å². The van der Waals surface area contributed by atoms with Gasteiger partial charge in [-0.3, -0.25) is 4.79 Å². The number of carbonyl (C=O) groups is 1. The molecular weight excluding hydrogens is 180 g/mol. The monoisotopic (exact) mass is 202 g/mol. The van der Waals surface area contributed by atoms with Crippen molar-refractivity contribution < 1.29 is 9.53 Å². The molecule has 0 aromatic heterocycles. The van der Waals surface area contributed by atoms with Gasteiger partial charge in [-0.2, -0.15) is 0 Å². The van der Waals surface area contributed by atoms with E-state index in [1.165, 1.54) is 0 Å². The molecule has 0 fully saturated rings. The van der Waals surface area contributed by atoms with Gasteiger partial charge < -0.3 is 15.8 Å². The number of hydrogen-bond donors (Lipinski definition) is 2. The third-order valence-corrected chi connectivity index (χ3v) is 2.10. The maximum Gasteiger partial charge on any atom is 0.224 e. The molecule has 0 saturated heterocycles. The van der Waals surface area contributed by atoms with Crippen molar-refractivity contribution in [2.24, 2.45) is 11.7 Å². The molecule has 14 heavy (non-hydrogen) atoms. The zero-order chi connectivity index (χ0) is 11.0. The van der Waals surface area contributed by atoms with Gasteiger partial charge in [0.25, 0.3) is 0 Å². The first-order valence-electron chi connectivity index (χ1n) is 5.15. The smallest absolute Gasteiger partial charge is 0.224 e. The minimum absolute atomic E-state index is 0.0406. The number of nitrogens with one attached hydrogen (secondary N) is 1. The van der Waals surface area contributed by atoms with Crippen LogP contribution >= 0.6 is 0 Å². The lowest BCUT2D eigenvalue weighted by Gasteiger charge is -2.18. The molecule has 0 heterocycles. The van der Waals surface area contributed by atoms with Gasteiger partial charge in [0.1, 0.15) is 0 Å². The average Bonchev–Trinajstić information content (AvgIpc) is 2.14. The number of methoxy groups -OCH3 is 1. The Labute approximate surface area is 86.2 Å². The van der Waals surface area contributed by atoms with E-state index in [9.17, 15) is 4.79 Å². The standard InChI is InChI=1S/C10H22N2O2/c1-4-5-9(6-11)10(13)12-8(2)7-14-3/h8-9H,4-7,11H2,1-3H3,(H,12,13). The van der Waals surface area contributed by atoms with E-state index in [1.54, 1.807) is 7.11 Å². The van der Waals surface area contributed by atoms with Crippen molar-refractivity contribution in [3.05, 3.63) is 0 Å². The van der Waals surface area contributed by atoms with Gasteiger partial charge >= 0.3 is 0 Å². The first kappa shape index (κ1) is 13.4. The zero-order valence-electron chi connectivity index (χ0n) is 9.38. The van der Waals surface area contributed by atoms with Gasteiger partial charge in [0.05, 0.1) is 12.5 Å². The van der Waals surface area contributed by atoms with Crippen molar-refractivity contribution in [2.45, 2.75) is 32.7 Å². The zero-order valence-corrected chi connectivity index (χ0v) is 9.38. The van der Waals surface area contributed by atoms with Crippen molar-refractivity contribution in [3.8, 4) is 0 Å². The van der Waals surface area contributed by atoms with E-state index in [1.807, 2.05) is 6.92 Å². The van der Waals surface area contributed by atoms with Gasteiger partial charge in [0, 0.05) is 19.7 Å². The minimum atomic E-state index is -0.0562. The predicted molar refractivity (Wildman–Crippen MR) is 56.9 cm³/mol. The number of amides is 1. The molecule has 0 saturated carbocycles. The lowest BCUT2D eigenvalue weighted by molar-refractivity contribution is -0.125. The quantitative estimate of drug-likeness (QED) is 0.632. The fourth-order valence-electron chi connectivity index (χ4n) is 1.36. The number of rotatable bonds is 7. The molecule has 0 aliphatic carbocycles. The van der Waals surface area contributed by atoms with Crippen LogP contribution in [0.25, 0.3) is 0 Å². The highest BCUT2D eigenvalue weighted by atomic mass is 16.5. The van der Waals surface area contributed by atoms with Crippen molar-refractivity contribution >= 4 is 5.91 Å². The van der Waals surface area contributed by atoms with Crippen molar-refractivity contribution in [3.63, 3.8) is 0 Å².